The van der Waals surface area contributed by atoms with Gasteiger partial charge in [-0.2, -0.15) is 10.2 Å². The number of hydrogen-bond acceptors (Lipinski definition) is 3. The number of aromatic nitrogens is 5. The zero-order valence-corrected chi connectivity index (χ0v) is 13.2. The Labute approximate surface area is 141 Å². The van der Waals surface area contributed by atoms with E-state index in [0.29, 0.717) is 22.6 Å². The molecule has 2 aromatic heterocycles. The Balaban J connectivity index is 1.76. The van der Waals surface area contributed by atoms with E-state index in [-0.39, 0.29) is 5.82 Å². The van der Waals surface area contributed by atoms with Crippen LogP contribution >= 0.6 is 0 Å². The molecule has 0 aliphatic carbocycles. The maximum Gasteiger partial charge on any atom is 0.184 e. The fourth-order valence-corrected chi connectivity index (χ4v) is 2.57. The first-order valence-electron chi connectivity index (χ1n) is 7.57. The van der Waals surface area contributed by atoms with Crippen LogP contribution in [0.3, 0.4) is 0 Å². The number of hydrogen-bond donors (Lipinski definition) is 1. The van der Waals surface area contributed by atoms with Crippen LogP contribution in [0, 0.1) is 11.6 Å². The molecule has 0 saturated heterocycles. The summed E-state index contributed by atoms with van der Waals surface area (Å²) < 4.78 is 28.8. The normalized spacial score (nSPS) is 11.6. The van der Waals surface area contributed by atoms with Crippen LogP contribution in [0.15, 0.2) is 42.7 Å². The van der Waals surface area contributed by atoms with Gasteiger partial charge < -0.3 is 0 Å². The Morgan fingerprint density at radius 3 is 2.60 bits per heavy atom. The van der Waals surface area contributed by atoms with E-state index in [1.54, 1.807) is 31.3 Å². The van der Waals surface area contributed by atoms with Gasteiger partial charge >= 0.3 is 0 Å². The summed E-state index contributed by atoms with van der Waals surface area (Å²) >= 11 is 0. The number of nitrogens with one attached hydrogen (secondary N) is 1. The van der Waals surface area contributed by atoms with Crippen LogP contribution in [-0.4, -0.2) is 25.0 Å². The first kappa shape index (κ1) is 15.2. The summed E-state index contributed by atoms with van der Waals surface area (Å²) in [6.07, 6.45) is 5.13. The molecule has 124 valence electrons. The Morgan fingerprint density at radius 1 is 1.08 bits per heavy atom. The number of aromatic amines is 1. The Morgan fingerprint density at radius 2 is 1.88 bits per heavy atom. The molecule has 4 aromatic rings. The Kier molecular flexibility index (Phi) is 3.61. The summed E-state index contributed by atoms with van der Waals surface area (Å²) in [5.74, 6) is -0.390. The third-order valence-corrected chi connectivity index (χ3v) is 3.82. The summed E-state index contributed by atoms with van der Waals surface area (Å²) in [6, 6.07) is 9.18. The summed E-state index contributed by atoms with van der Waals surface area (Å²) in [5.41, 5.74) is 2.38. The highest BCUT2D eigenvalue weighted by molar-refractivity contribution is 5.92. The highest BCUT2D eigenvalue weighted by atomic mass is 19.1. The van der Waals surface area contributed by atoms with Crippen molar-refractivity contribution in [3.63, 3.8) is 0 Å². The van der Waals surface area contributed by atoms with Crippen molar-refractivity contribution in [1.82, 2.24) is 25.0 Å². The first-order valence-corrected chi connectivity index (χ1v) is 7.57. The SMILES string of the molecule is Cn1cnc(-c2cc3c(C=Cc4ccc(F)cc4)n[nH]c3cc2F)n1. The van der Waals surface area contributed by atoms with E-state index >= 15 is 0 Å². The molecule has 0 amide bonds. The van der Waals surface area contributed by atoms with Crippen LogP contribution in [0.5, 0.6) is 0 Å². The molecule has 0 bridgehead atoms. The molecule has 25 heavy (non-hydrogen) atoms. The third kappa shape index (κ3) is 2.91. The van der Waals surface area contributed by atoms with Crippen molar-refractivity contribution >= 4 is 23.1 Å². The average molecular weight is 337 g/mol. The molecule has 2 aromatic carbocycles. The maximum absolute atomic E-state index is 14.3. The van der Waals surface area contributed by atoms with Gasteiger partial charge in [0.1, 0.15) is 18.0 Å². The molecule has 4 rings (SSSR count). The molecule has 0 aliphatic rings. The maximum atomic E-state index is 14.3. The molecule has 0 aliphatic heterocycles. The smallest absolute Gasteiger partial charge is 0.184 e. The second-order valence-electron chi connectivity index (χ2n) is 5.61. The lowest BCUT2D eigenvalue weighted by Crippen LogP contribution is -1.90. The minimum Gasteiger partial charge on any atom is -0.277 e. The highest BCUT2D eigenvalue weighted by Crippen LogP contribution is 2.27. The van der Waals surface area contributed by atoms with Gasteiger partial charge in [-0.15, -0.1) is 0 Å². The number of halogens is 2. The standard InChI is InChI=1S/C18H13F2N5/c1-25-10-21-18(24-25)13-8-14-16(22-23-17(14)9-15(13)20)7-4-11-2-5-12(19)6-3-11/h2-10H,1H3,(H,22,23). The van der Waals surface area contributed by atoms with Crippen molar-refractivity contribution in [1.29, 1.82) is 0 Å². The van der Waals surface area contributed by atoms with Crippen LogP contribution in [0.1, 0.15) is 11.3 Å². The quantitative estimate of drug-likeness (QED) is 0.618. The zero-order chi connectivity index (χ0) is 17.4. The van der Waals surface area contributed by atoms with Gasteiger partial charge in [0, 0.05) is 18.5 Å². The minimum absolute atomic E-state index is 0.287. The van der Waals surface area contributed by atoms with Crippen LogP contribution in [0.2, 0.25) is 0 Å². The van der Waals surface area contributed by atoms with Crippen LogP contribution < -0.4 is 0 Å². The predicted octanol–water partition coefficient (Wildman–Crippen LogP) is 3.81. The van der Waals surface area contributed by atoms with E-state index in [1.807, 2.05) is 6.08 Å². The number of nitrogens with zero attached hydrogens (tertiary/aromatic N) is 4. The van der Waals surface area contributed by atoms with Gasteiger partial charge in [0.25, 0.3) is 0 Å². The lowest BCUT2D eigenvalue weighted by molar-refractivity contribution is 0.627. The molecule has 0 spiro atoms. The van der Waals surface area contributed by atoms with Gasteiger partial charge in [0.05, 0.1) is 16.8 Å². The second-order valence-corrected chi connectivity index (χ2v) is 5.61. The van der Waals surface area contributed by atoms with Gasteiger partial charge in [0.2, 0.25) is 0 Å². The molecule has 0 fully saturated rings. The van der Waals surface area contributed by atoms with Crippen molar-refractivity contribution in [2.75, 3.05) is 0 Å². The lowest BCUT2D eigenvalue weighted by atomic mass is 10.1. The van der Waals surface area contributed by atoms with E-state index in [1.165, 1.54) is 29.2 Å². The van der Waals surface area contributed by atoms with Gasteiger partial charge in [-0.1, -0.05) is 18.2 Å². The molecule has 0 saturated carbocycles. The minimum atomic E-state index is -0.420. The lowest BCUT2D eigenvalue weighted by Gasteiger charge is -1.99. The molecule has 0 atom stereocenters. The second kappa shape index (κ2) is 5.94. The van der Waals surface area contributed by atoms with E-state index in [2.05, 4.69) is 20.3 Å². The van der Waals surface area contributed by atoms with Crippen molar-refractivity contribution in [3.05, 3.63) is 65.6 Å². The number of H-pyrrole nitrogens is 1. The number of benzene rings is 2. The topological polar surface area (TPSA) is 59.4 Å². The molecular formula is C18H13F2N5. The van der Waals surface area contributed by atoms with Gasteiger partial charge in [0.15, 0.2) is 5.82 Å². The fourth-order valence-electron chi connectivity index (χ4n) is 2.57. The monoisotopic (exact) mass is 337 g/mol. The summed E-state index contributed by atoms with van der Waals surface area (Å²) in [5, 5.41) is 11.9. The van der Waals surface area contributed by atoms with E-state index in [9.17, 15) is 8.78 Å². The number of fused-ring (bicyclic) bond motifs is 1. The van der Waals surface area contributed by atoms with Gasteiger partial charge in [-0.25, -0.2) is 13.8 Å². The Hall–Kier alpha value is -3.35. The predicted molar refractivity (Wildman–Crippen MR) is 91.4 cm³/mol. The molecule has 0 radical (unpaired) electrons. The van der Waals surface area contributed by atoms with Gasteiger partial charge in [-0.05, 0) is 29.8 Å². The molecule has 0 unspecified atom stereocenters. The molecule has 1 N–H and O–H groups in total. The van der Waals surface area contributed by atoms with Crippen molar-refractivity contribution in [2.24, 2.45) is 7.05 Å². The van der Waals surface area contributed by atoms with E-state index < -0.39 is 5.82 Å². The fraction of sp³-hybridized carbons (Fsp3) is 0.0556. The first-order chi connectivity index (χ1) is 12.1. The van der Waals surface area contributed by atoms with Crippen molar-refractivity contribution in [3.8, 4) is 11.4 Å². The molecule has 5 nitrogen and oxygen atoms in total. The molecular weight excluding hydrogens is 324 g/mol. The average Bonchev–Trinajstić information content (AvgIpc) is 3.19. The number of rotatable bonds is 3. The van der Waals surface area contributed by atoms with E-state index in [4.69, 9.17) is 0 Å². The molecule has 7 heteroatoms. The van der Waals surface area contributed by atoms with Crippen LogP contribution in [-0.2, 0) is 7.05 Å². The highest BCUT2D eigenvalue weighted by Gasteiger charge is 2.14. The number of aryl methyl sites for hydroxylation is 1. The van der Waals surface area contributed by atoms with Gasteiger partial charge in [-0.3, -0.25) is 9.78 Å². The third-order valence-electron chi connectivity index (χ3n) is 3.82. The van der Waals surface area contributed by atoms with Crippen molar-refractivity contribution in [2.45, 2.75) is 0 Å². The summed E-state index contributed by atoms with van der Waals surface area (Å²) in [6.45, 7) is 0. The summed E-state index contributed by atoms with van der Waals surface area (Å²) in [4.78, 5) is 4.10. The van der Waals surface area contributed by atoms with E-state index in [0.717, 1.165) is 10.9 Å². The van der Waals surface area contributed by atoms with Crippen LogP contribution in [0.25, 0.3) is 34.4 Å². The molecule has 2 heterocycles. The Bertz CT molecular complexity index is 1080. The zero-order valence-electron chi connectivity index (χ0n) is 13.2. The van der Waals surface area contributed by atoms with Crippen molar-refractivity contribution < 1.29 is 8.78 Å². The largest absolute Gasteiger partial charge is 0.277 e. The summed E-state index contributed by atoms with van der Waals surface area (Å²) in [7, 11) is 1.72. The van der Waals surface area contributed by atoms with Crippen LogP contribution in [0.4, 0.5) is 8.78 Å².